The van der Waals surface area contributed by atoms with Crippen LogP contribution in [0.5, 0.6) is 5.75 Å². The van der Waals surface area contributed by atoms with Crippen LogP contribution >= 0.6 is 0 Å². The first-order valence-electron chi connectivity index (χ1n) is 14.2. The molecular formula is C31H33F2N3O7. The van der Waals surface area contributed by atoms with Crippen molar-refractivity contribution in [1.82, 2.24) is 9.80 Å². The van der Waals surface area contributed by atoms with Gasteiger partial charge in [-0.25, -0.2) is 8.78 Å². The van der Waals surface area contributed by atoms with Gasteiger partial charge in [0.1, 0.15) is 28.6 Å². The predicted octanol–water partition coefficient (Wildman–Crippen LogP) is 3.50. The van der Waals surface area contributed by atoms with Crippen molar-refractivity contribution in [2.45, 2.75) is 44.2 Å². The Balaban J connectivity index is 1.40. The van der Waals surface area contributed by atoms with E-state index in [1.54, 1.807) is 31.1 Å². The summed E-state index contributed by atoms with van der Waals surface area (Å²) in [5.74, 6) is -8.56. The molecule has 5 N–H and O–H groups in total. The van der Waals surface area contributed by atoms with E-state index in [-0.39, 0.29) is 55.7 Å². The van der Waals surface area contributed by atoms with Crippen LogP contribution in [0.2, 0.25) is 0 Å². The number of fused-ring (bicyclic) bond motifs is 3. The number of amides is 1. The molecule has 0 saturated carbocycles. The van der Waals surface area contributed by atoms with Crippen LogP contribution in [0, 0.1) is 17.8 Å². The number of likely N-dealkylation sites (tertiary alicyclic amines) is 1. The molecule has 3 aliphatic carbocycles. The first-order chi connectivity index (χ1) is 20.3. The fourth-order valence-electron chi connectivity index (χ4n) is 7.46. The third kappa shape index (κ3) is 4.63. The second-order valence-corrected chi connectivity index (χ2v) is 12.2. The van der Waals surface area contributed by atoms with Gasteiger partial charge in [0.05, 0.1) is 23.8 Å². The molecule has 4 atom stereocenters. The number of carbonyl (C=O) groups is 3. The summed E-state index contributed by atoms with van der Waals surface area (Å²) in [5, 5.41) is 33.2. The highest BCUT2D eigenvalue weighted by Gasteiger charge is 2.54. The number of nitrogens with two attached hydrogens (primary N) is 1. The van der Waals surface area contributed by atoms with E-state index in [0.717, 1.165) is 5.56 Å². The second-order valence-electron chi connectivity index (χ2n) is 12.2. The number of aromatic hydroxyl groups is 1. The van der Waals surface area contributed by atoms with E-state index in [1.165, 1.54) is 12.3 Å². The number of furan rings is 1. The first-order valence-corrected chi connectivity index (χ1v) is 14.2. The number of phenolic OH excluding ortho intramolecular Hbond substituents is 1. The quantitative estimate of drug-likeness (QED) is 0.379. The van der Waals surface area contributed by atoms with E-state index in [1.807, 2.05) is 4.90 Å². The molecule has 6 rings (SSSR count). The topological polar surface area (TPSA) is 158 Å². The van der Waals surface area contributed by atoms with Gasteiger partial charge >= 0.3 is 0 Å². The number of piperidine rings is 1. The van der Waals surface area contributed by atoms with Gasteiger partial charge in [0, 0.05) is 49.2 Å². The van der Waals surface area contributed by atoms with Gasteiger partial charge < -0.3 is 25.5 Å². The Kier molecular flexibility index (Phi) is 6.96. The summed E-state index contributed by atoms with van der Waals surface area (Å²) in [5.41, 5.74) is 6.62. The van der Waals surface area contributed by atoms with Crippen LogP contribution < -0.4 is 5.73 Å². The Labute approximate surface area is 246 Å². The Bertz CT molecular complexity index is 1600. The van der Waals surface area contributed by atoms with Gasteiger partial charge in [-0.05, 0) is 62.5 Å². The molecule has 2 aromatic rings. The number of ketones is 2. The predicted molar refractivity (Wildman–Crippen MR) is 149 cm³/mol. The average Bonchev–Trinajstić information content (AvgIpc) is 3.37. The highest BCUT2D eigenvalue weighted by Crippen LogP contribution is 2.51. The smallest absolute Gasteiger partial charge is 0.255 e. The molecule has 1 saturated heterocycles. The number of rotatable bonds is 5. The number of hydrogen-bond acceptors (Lipinski definition) is 9. The maximum Gasteiger partial charge on any atom is 0.255 e. The molecule has 4 aliphatic rings. The highest BCUT2D eigenvalue weighted by molar-refractivity contribution is 6.22. The second kappa shape index (κ2) is 10.3. The van der Waals surface area contributed by atoms with Crippen LogP contribution in [0.1, 0.15) is 40.7 Å². The molecule has 0 spiro atoms. The Morgan fingerprint density at radius 1 is 1.12 bits per heavy atom. The fraction of sp³-hybridized carbons (Fsp3) is 0.452. The summed E-state index contributed by atoms with van der Waals surface area (Å²) in [6.45, 7) is 0.823. The number of nitrogens with zero attached hydrogens (tertiary/aromatic N) is 2. The average molecular weight is 598 g/mol. The molecule has 1 amide bonds. The fourth-order valence-corrected chi connectivity index (χ4v) is 7.46. The normalized spacial score (nSPS) is 27.3. The van der Waals surface area contributed by atoms with Crippen molar-refractivity contribution >= 4 is 17.5 Å². The molecule has 0 bridgehead atoms. The summed E-state index contributed by atoms with van der Waals surface area (Å²) >= 11 is 0. The largest absolute Gasteiger partial charge is 0.511 e. The van der Waals surface area contributed by atoms with Crippen molar-refractivity contribution in [2.75, 3.05) is 27.2 Å². The molecule has 1 aromatic heterocycles. The molecule has 12 heteroatoms. The third-order valence-electron chi connectivity index (χ3n) is 9.42. The molecule has 1 aromatic carbocycles. The monoisotopic (exact) mass is 597 g/mol. The van der Waals surface area contributed by atoms with Crippen molar-refractivity contribution in [1.29, 1.82) is 0 Å². The van der Waals surface area contributed by atoms with Gasteiger partial charge in [0.2, 0.25) is 0 Å². The molecule has 3 unspecified atom stereocenters. The lowest BCUT2D eigenvalue weighted by molar-refractivity contribution is -0.127. The SMILES string of the molecule is CN(C)[C@@H]1C(O)=C(C(N)=O)C(=O)C2C(O)=C3C(=O)c4c(O)ccc(-c5occc5CN5CCC(F)(F)CC5)c4CC3CC21. The molecule has 1 fully saturated rings. The van der Waals surface area contributed by atoms with Crippen molar-refractivity contribution in [3.63, 3.8) is 0 Å². The number of primary amides is 1. The molecule has 10 nitrogen and oxygen atoms in total. The standard InChI is InChI=1S/C31H33F2N3O7/c1-35(2)24-18-12-15-11-17-16(29-14(5-10-43-29)13-36-8-6-31(32,33)7-9-36)3-4-19(37)21(17)25(38)20(15)26(39)22(18)27(40)23(28(24)41)30(34)42/h3-5,10,15,18,22,24,37,39,41H,6-9,11-13H2,1-2H3,(H2,34,42)/t15?,18?,22?,24-/m0/s1. The minimum atomic E-state index is -2.68. The van der Waals surface area contributed by atoms with Gasteiger partial charge in [0.25, 0.3) is 11.8 Å². The van der Waals surface area contributed by atoms with Crippen molar-refractivity contribution in [3.05, 3.63) is 63.8 Å². The lowest BCUT2D eigenvalue weighted by Crippen LogP contribution is -2.53. The van der Waals surface area contributed by atoms with Gasteiger partial charge in [-0.1, -0.05) is 0 Å². The van der Waals surface area contributed by atoms with Gasteiger partial charge in [-0.3, -0.25) is 24.2 Å². The Hall–Kier alpha value is -4.03. The summed E-state index contributed by atoms with van der Waals surface area (Å²) in [6, 6.07) is 3.95. The highest BCUT2D eigenvalue weighted by atomic mass is 19.3. The molecule has 0 radical (unpaired) electrons. The number of halogens is 2. The van der Waals surface area contributed by atoms with E-state index < -0.39 is 64.3 Å². The number of likely N-dealkylation sites (N-methyl/N-ethyl adjacent to an activating group) is 1. The number of Topliss-reactive ketones (excluding diaryl/α,β-unsaturated/α-hetero) is 2. The van der Waals surface area contributed by atoms with E-state index in [0.29, 0.717) is 23.4 Å². The molecular weight excluding hydrogens is 564 g/mol. The number of aliphatic hydroxyl groups excluding tert-OH is 2. The van der Waals surface area contributed by atoms with E-state index >= 15 is 0 Å². The maximum absolute atomic E-state index is 14.0. The number of phenols is 1. The van der Waals surface area contributed by atoms with Gasteiger partial charge in [-0.2, -0.15) is 0 Å². The zero-order valence-corrected chi connectivity index (χ0v) is 23.8. The Morgan fingerprint density at radius 2 is 1.81 bits per heavy atom. The number of benzene rings is 1. The maximum atomic E-state index is 14.0. The minimum absolute atomic E-state index is 0.00817. The van der Waals surface area contributed by atoms with Crippen molar-refractivity contribution in [3.8, 4) is 17.1 Å². The third-order valence-corrected chi connectivity index (χ3v) is 9.42. The molecule has 228 valence electrons. The molecule has 43 heavy (non-hydrogen) atoms. The van der Waals surface area contributed by atoms with E-state index in [4.69, 9.17) is 10.2 Å². The number of allylic oxidation sites excluding steroid dienone is 2. The lowest BCUT2D eigenvalue weighted by Gasteiger charge is -2.46. The van der Waals surface area contributed by atoms with Crippen LogP contribution in [0.3, 0.4) is 0 Å². The van der Waals surface area contributed by atoms with Crippen LogP contribution in [-0.2, 0) is 22.6 Å². The van der Waals surface area contributed by atoms with Crippen LogP contribution in [0.15, 0.2) is 51.5 Å². The summed E-state index contributed by atoms with van der Waals surface area (Å²) in [6.07, 6.45) is 1.48. The van der Waals surface area contributed by atoms with Crippen LogP contribution in [0.4, 0.5) is 8.78 Å². The molecule has 2 heterocycles. The number of carbonyl (C=O) groups excluding carboxylic acids is 3. The lowest BCUT2D eigenvalue weighted by atomic mass is 9.60. The van der Waals surface area contributed by atoms with Crippen molar-refractivity contribution < 1.29 is 42.9 Å². The zero-order valence-electron chi connectivity index (χ0n) is 23.8. The van der Waals surface area contributed by atoms with Gasteiger partial charge in [0.15, 0.2) is 11.6 Å². The van der Waals surface area contributed by atoms with E-state index in [9.17, 15) is 38.5 Å². The zero-order chi connectivity index (χ0) is 31.0. The first kappa shape index (κ1) is 29.1. The van der Waals surface area contributed by atoms with Gasteiger partial charge in [-0.15, -0.1) is 0 Å². The molecule has 1 aliphatic heterocycles. The summed E-state index contributed by atoms with van der Waals surface area (Å²) in [4.78, 5) is 43.1. The van der Waals surface area contributed by atoms with Crippen molar-refractivity contribution in [2.24, 2.45) is 23.5 Å². The number of hydrogen-bond donors (Lipinski definition) is 4. The number of alkyl halides is 2. The summed E-state index contributed by atoms with van der Waals surface area (Å²) < 4.78 is 33.3. The van der Waals surface area contributed by atoms with Crippen LogP contribution in [-0.4, -0.2) is 81.7 Å². The van der Waals surface area contributed by atoms with Crippen LogP contribution in [0.25, 0.3) is 11.3 Å². The van der Waals surface area contributed by atoms with E-state index in [2.05, 4.69) is 0 Å². The number of aliphatic hydroxyl groups is 2. The minimum Gasteiger partial charge on any atom is -0.511 e. The Morgan fingerprint density at radius 3 is 2.47 bits per heavy atom. The summed E-state index contributed by atoms with van der Waals surface area (Å²) in [7, 11) is 3.34.